The molecule has 34 heavy (non-hydrogen) atoms. The van der Waals surface area contributed by atoms with E-state index in [2.05, 4.69) is 10.2 Å². The van der Waals surface area contributed by atoms with E-state index >= 15 is 0 Å². The van der Waals surface area contributed by atoms with E-state index < -0.39 is 11.8 Å². The van der Waals surface area contributed by atoms with Gasteiger partial charge in [0.25, 0.3) is 0 Å². The minimum absolute atomic E-state index is 0.202. The zero-order valence-corrected chi connectivity index (χ0v) is 18.4. The highest BCUT2D eigenvalue weighted by atomic mass is 16.2. The van der Waals surface area contributed by atoms with Gasteiger partial charge in [0.15, 0.2) is 11.6 Å². The fourth-order valence-corrected chi connectivity index (χ4v) is 4.41. The monoisotopic (exact) mass is 442 g/mol. The van der Waals surface area contributed by atoms with Gasteiger partial charge >= 0.3 is 0 Å². The smallest absolute Gasteiger partial charge is 0.180 e. The van der Waals surface area contributed by atoms with E-state index in [1.807, 2.05) is 103 Å². The third-order valence-electron chi connectivity index (χ3n) is 6.01. The minimum Gasteiger partial charge on any atom is -0.297 e. The maximum absolute atomic E-state index is 14.1. The van der Waals surface area contributed by atoms with Crippen molar-refractivity contribution < 1.29 is 9.59 Å². The van der Waals surface area contributed by atoms with Gasteiger partial charge in [-0.15, -0.1) is 0 Å². The molecule has 0 bridgehead atoms. The number of carbonyl (C=O) groups is 2. The maximum atomic E-state index is 14.1. The van der Waals surface area contributed by atoms with Crippen LogP contribution in [-0.2, 0) is 4.79 Å². The predicted molar refractivity (Wildman–Crippen MR) is 135 cm³/mol. The van der Waals surface area contributed by atoms with Crippen molar-refractivity contribution >= 4 is 23.5 Å². The summed E-state index contributed by atoms with van der Waals surface area (Å²) >= 11 is 0. The van der Waals surface area contributed by atoms with Gasteiger partial charge in [-0.05, 0) is 16.7 Å². The second kappa shape index (κ2) is 9.59. The summed E-state index contributed by atoms with van der Waals surface area (Å²) in [7, 11) is 0. The third-order valence-corrected chi connectivity index (χ3v) is 6.01. The molecule has 5 rings (SSSR count). The zero-order chi connectivity index (χ0) is 23.3. The van der Waals surface area contributed by atoms with Crippen LogP contribution in [0.4, 0.5) is 0 Å². The van der Waals surface area contributed by atoms with E-state index in [9.17, 15) is 9.59 Å². The van der Waals surface area contributed by atoms with Crippen molar-refractivity contribution in [3.8, 4) is 0 Å². The molecule has 4 nitrogen and oxygen atoms in total. The van der Waals surface area contributed by atoms with Crippen LogP contribution in [0.3, 0.4) is 0 Å². The Balaban J connectivity index is 1.59. The summed E-state index contributed by atoms with van der Waals surface area (Å²) < 4.78 is 0. The van der Waals surface area contributed by atoms with Gasteiger partial charge in [-0.2, -0.15) is 10.2 Å². The fourth-order valence-electron chi connectivity index (χ4n) is 4.41. The quantitative estimate of drug-likeness (QED) is 0.218. The summed E-state index contributed by atoms with van der Waals surface area (Å²) in [6.45, 7) is 0. The number of hydrogen-bond donors (Lipinski definition) is 0. The Morgan fingerprint density at radius 1 is 0.676 bits per heavy atom. The van der Waals surface area contributed by atoms with Gasteiger partial charge in [0, 0.05) is 11.1 Å². The van der Waals surface area contributed by atoms with Crippen molar-refractivity contribution in [3.63, 3.8) is 0 Å². The second-order valence-electron chi connectivity index (χ2n) is 8.14. The van der Waals surface area contributed by atoms with E-state index in [-0.39, 0.29) is 11.6 Å². The number of nitrogens with zero attached hydrogens (tertiary/aromatic N) is 2. The fraction of sp³-hybridized carbons (Fsp3) is 0.0667. The largest absolute Gasteiger partial charge is 0.297 e. The average molecular weight is 443 g/mol. The molecule has 0 amide bonds. The van der Waals surface area contributed by atoms with Crippen LogP contribution in [0, 0.1) is 5.92 Å². The van der Waals surface area contributed by atoms with E-state index in [4.69, 9.17) is 0 Å². The Kier molecular flexibility index (Phi) is 6.04. The first-order valence-electron chi connectivity index (χ1n) is 11.2. The Labute approximate surface area is 198 Å². The molecule has 0 radical (unpaired) electrons. The lowest BCUT2D eigenvalue weighted by Gasteiger charge is -2.20. The molecule has 4 heteroatoms. The first kappa shape index (κ1) is 21.4. The van der Waals surface area contributed by atoms with Gasteiger partial charge < -0.3 is 0 Å². The predicted octanol–water partition coefficient (Wildman–Crippen LogP) is 5.72. The van der Waals surface area contributed by atoms with E-state index in [0.29, 0.717) is 16.8 Å². The van der Waals surface area contributed by atoms with Crippen LogP contribution in [0.2, 0.25) is 0 Å². The second-order valence-corrected chi connectivity index (χ2v) is 8.14. The molecule has 0 aromatic heterocycles. The summed E-state index contributed by atoms with van der Waals surface area (Å²) in [4.78, 5) is 27.6. The summed E-state index contributed by atoms with van der Waals surface area (Å²) in [5, 5.41) is 8.68. The third kappa shape index (κ3) is 4.14. The Morgan fingerprint density at radius 2 is 1.18 bits per heavy atom. The lowest BCUT2D eigenvalue weighted by Crippen LogP contribution is -2.31. The molecule has 0 unspecified atom stereocenters. The number of benzene rings is 4. The summed E-state index contributed by atoms with van der Waals surface area (Å²) in [6, 6.07) is 36.0. The Morgan fingerprint density at radius 3 is 1.76 bits per heavy atom. The lowest BCUT2D eigenvalue weighted by molar-refractivity contribution is -0.120. The van der Waals surface area contributed by atoms with Gasteiger partial charge in [0.05, 0.1) is 17.8 Å². The summed E-state index contributed by atoms with van der Waals surface area (Å²) in [5.74, 6) is -2.04. The van der Waals surface area contributed by atoms with Crippen molar-refractivity contribution in [1.29, 1.82) is 0 Å². The number of ketones is 2. The minimum atomic E-state index is -1.02. The molecule has 4 aromatic rings. The van der Waals surface area contributed by atoms with Crippen LogP contribution in [0.1, 0.15) is 38.5 Å². The highest BCUT2D eigenvalue weighted by molar-refractivity contribution is 6.38. The number of fused-ring (bicyclic) bond motifs is 1. The number of hydrogen-bond acceptors (Lipinski definition) is 4. The molecule has 164 valence electrons. The molecule has 0 aliphatic heterocycles. The van der Waals surface area contributed by atoms with Crippen molar-refractivity contribution in [2.75, 3.05) is 0 Å². The summed E-state index contributed by atoms with van der Waals surface area (Å²) in [5.41, 5.74) is 4.14. The normalized spacial score (nSPS) is 16.3. The molecule has 0 saturated heterocycles. The van der Waals surface area contributed by atoms with E-state index in [1.54, 1.807) is 18.3 Å². The molecule has 1 aliphatic carbocycles. The molecular weight excluding hydrogens is 420 g/mol. The Bertz CT molecular complexity index is 1340. The number of carbonyl (C=O) groups excluding carboxylic acids is 2. The molecule has 1 aliphatic rings. The molecular formula is C30H22N2O2. The molecule has 0 N–H and O–H groups in total. The summed E-state index contributed by atoms with van der Waals surface area (Å²) in [6.07, 6.45) is 1.63. The SMILES string of the molecule is O=C1c2ccccc2/C(=N\N=C/c2ccccc2)[C@@H]1C(=O)C(c1ccccc1)c1ccccc1. The van der Waals surface area contributed by atoms with Crippen LogP contribution in [0.25, 0.3) is 0 Å². The van der Waals surface area contributed by atoms with Crippen LogP contribution in [0.5, 0.6) is 0 Å². The molecule has 4 aromatic carbocycles. The van der Waals surface area contributed by atoms with Crippen LogP contribution in [0.15, 0.2) is 125 Å². The van der Waals surface area contributed by atoms with Crippen molar-refractivity contribution in [1.82, 2.24) is 0 Å². The first-order chi connectivity index (χ1) is 16.7. The van der Waals surface area contributed by atoms with Crippen LogP contribution in [-0.4, -0.2) is 23.5 Å². The molecule has 0 saturated carbocycles. The van der Waals surface area contributed by atoms with Crippen LogP contribution >= 0.6 is 0 Å². The number of rotatable bonds is 6. The van der Waals surface area contributed by atoms with Crippen molar-refractivity contribution in [3.05, 3.63) is 143 Å². The zero-order valence-electron chi connectivity index (χ0n) is 18.4. The molecule has 1 atom stereocenters. The van der Waals surface area contributed by atoms with E-state index in [0.717, 1.165) is 16.7 Å². The standard InChI is InChI=1S/C30H22N2O2/c33-29-25-19-11-10-18-24(25)28(32-31-20-21-12-4-1-5-13-21)27(29)30(34)26(22-14-6-2-7-15-22)23-16-8-3-9-17-23/h1-20,26-27H/b31-20-,32-28+/t27-/m0/s1. The van der Waals surface area contributed by atoms with Gasteiger partial charge in [-0.1, -0.05) is 115 Å². The van der Waals surface area contributed by atoms with Crippen LogP contribution < -0.4 is 0 Å². The topological polar surface area (TPSA) is 58.9 Å². The lowest BCUT2D eigenvalue weighted by atomic mass is 9.80. The highest BCUT2D eigenvalue weighted by Crippen LogP contribution is 2.35. The highest BCUT2D eigenvalue weighted by Gasteiger charge is 2.44. The number of Topliss-reactive ketones (excluding diaryl/α,β-unsaturated/α-hetero) is 2. The van der Waals surface area contributed by atoms with Gasteiger partial charge in [-0.25, -0.2) is 0 Å². The maximum Gasteiger partial charge on any atom is 0.180 e. The molecule has 0 heterocycles. The molecule has 0 spiro atoms. The Hall–Kier alpha value is -4.44. The average Bonchev–Trinajstić information content (AvgIpc) is 3.18. The van der Waals surface area contributed by atoms with Crippen molar-refractivity contribution in [2.24, 2.45) is 16.1 Å². The van der Waals surface area contributed by atoms with Crippen molar-refractivity contribution in [2.45, 2.75) is 5.92 Å². The molecule has 0 fully saturated rings. The van der Waals surface area contributed by atoms with Gasteiger partial charge in [-0.3, -0.25) is 9.59 Å². The first-order valence-corrected chi connectivity index (χ1v) is 11.2. The van der Waals surface area contributed by atoms with E-state index in [1.165, 1.54) is 0 Å². The van der Waals surface area contributed by atoms with Gasteiger partial charge in [0.1, 0.15) is 5.92 Å². The van der Waals surface area contributed by atoms with Gasteiger partial charge in [0.2, 0.25) is 0 Å².